The SMILES string of the molecule is O=C(O)C1NCC(O)C(O)[C@H]1O. The molecule has 0 aromatic rings. The van der Waals surface area contributed by atoms with Crippen LogP contribution in [0.2, 0.25) is 0 Å². The third-order valence-electron chi connectivity index (χ3n) is 1.90. The van der Waals surface area contributed by atoms with E-state index in [-0.39, 0.29) is 6.54 Å². The Hall–Kier alpha value is -0.690. The van der Waals surface area contributed by atoms with Crippen LogP contribution in [0.5, 0.6) is 0 Å². The summed E-state index contributed by atoms with van der Waals surface area (Å²) in [6, 6.07) is -1.21. The number of rotatable bonds is 1. The van der Waals surface area contributed by atoms with Crippen molar-refractivity contribution in [1.29, 1.82) is 0 Å². The zero-order chi connectivity index (χ0) is 9.30. The fourth-order valence-electron chi connectivity index (χ4n) is 1.15. The quantitative estimate of drug-likeness (QED) is 0.294. The highest BCUT2D eigenvalue weighted by atomic mass is 16.4. The summed E-state index contributed by atoms with van der Waals surface area (Å²) in [5.41, 5.74) is 0. The lowest BCUT2D eigenvalue weighted by Gasteiger charge is -2.33. The van der Waals surface area contributed by atoms with Crippen LogP contribution in [-0.4, -0.2) is 57.3 Å². The molecule has 1 rings (SSSR count). The van der Waals surface area contributed by atoms with Gasteiger partial charge in [0.25, 0.3) is 0 Å². The van der Waals surface area contributed by atoms with Gasteiger partial charge in [0.15, 0.2) is 0 Å². The van der Waals surface area contributed by atoms with Crippen molar-refractivity contribution in [1.82, 2.24) is 5.32 Å². The molecule has 70 valence electrons. The van der Waals surface area contributed by atoms with E-state index in [9.17, 15) is 4.79 Å². The molecule has 1 aliphatic heterocycles. The number of nitrogens with one attached hydrogen (secondary N) is 1. The molecule has 0 aromatic heterocycles. The van der Waals surface area contributed by atoms with Gasteiger partial charge in [-0.25, -0.2) is 0 Å². The summed E-state index contributed by atoms with van der Waals surface area (Å²) >= 11 is 0. The third-order valence-corrected chi connectivity index (χ3v) is 1.90. The fraction of sp³-hybridized carbons (Fsp3) is 0.833. The molecule has 3 unspecified atom stereocenters. The summed E-state index contributed by atoms with van der Waals surface area (Å²) in [4.78, 5) is 10.4. The van der Waals surface area contributed by atoms with Crippen LogP contribution in [0.1, 0.15) is 0 Å². The predicted molar refractivity (Wildman–Crippen MR) is 37.4 cm³/mol. The average Bonchev–Trinajstić information content (AvgIpc) is 2.00. The molecule has 5 N–H and O–H groups in total. The van der Waals surface area contributed by atoms with Gasteiger partial charge in [0.1, 0.15) is 18.2 Å². The number of carboxylic acid groups (broad SMARTS) is 1. The maximum Gasteiger partial charge on any atom is 0.323 e. The third kappa shape index (κ3) is 1.56. The summed E-state index contributed by atoms with van der Waals surface area (Å²) in [5.74, 6) is -1.24. The van der Waals surface area contributed by atoms with E-state index in [1.165, 1.54) is 0 Å². The van der Waals surface area contributed by atoms with E-state index in [4.69, 9.17) is 20.4 Å². The highest BCUT2D eigenvalue weighted by molar-refractivity contribution is 5.74. The lowest BCUT2D eigenvalue weighted by molar-refractivity contribution is -0.152. The van der Waals surface area contributed by atoms with Crippen LogP contribution in [0.4, 0.5) is 0 Å². The van der Waals surface area contributed by atoms with Crippen LogP contribution < -0.4 is 5.32 Å². The van der Waals surface area contributed by atoms with Crippen LogP contribution in [0, 0.1) is 0 Å². The Bertz CT molecular complexity index is 185. The summed E-state index contributed by atoms with van der Waals surface area (Å²) < 4.78 is 0. The Kier molecular flexibility index (Phi) is 2.63. The topological polar surface area (TPSA) is 110 Å². The van der Waals surface area contributed by atoms with Gasteiger partial charge in [0.05, 0.1) is 6.10 Å². The first-order valence-corrected chi connectivity index (χ1v) is 3.54. The summed E-state index contributed by atoms with van der Waals surface area (Å²) in [6.07, 6.45) is -3.98. The molecule has 4 atom stereocenters. The molecule has 1 saturated heterocycles. The molecule has 0 bridgehead atoms. The number of aliphatic hydroxyl groups excluding tert-OH is 3. The van der Waals surface area contributed by atoms with Crippen LogP contribution in [0.3, 0.4) is 0 Å². The van der Waals surface area contributed by atoms with Gasteiger partial charge in [-0.15, -0.1) is 0 Å². The highest BCUT2D eigenvalue weighted by Gasteiger charge is 2.39. The molecule has 0 spiro atoms. The standard InChI is InChI=1S/C6H11NO5/c8-2-1-7-3(6(11)12)5(10)4(2)9/h2-5,7-10H,1H2,(H,11,12)/t2?,3?,4?,5-/m0/s1. The van der Waals surface area contributed by atoms with E-state index in [1.54, 1.807) is 0 Å². The molecule has 0 radical (unpaired) electrons. The monoisotopic (exact) mass is 177 g/mol. The molecule has 1 fully saturated rings. The maximum atomic E-state index is 10.4. The van der Waals surface area contributed by atoms with Crippen molar-refractivity contribution >= 4 is 5.97 Å². The van der Waals surface area contributed by atoms with Crippen LogP contribution in [0.15, 0.2) is 0 Å². The number of carbonyl (C=O) groups is 1. The molecule has 0 amide bonds. The number of hydrogen-bond donors (Lipinski definition) is 5. The van der Waals surface area contributed by atoms with Crippen molar-refractivity contribution in [2.24, 2.45) is 0 Å². The van der Waals surface area contributed by atoms with Gasteiger partial charge in [-0.05, 0) is 0 Å². The highest BCUT2D eigenvalue weighted by Crippen LogP contribution is 2.10. The Morgan fingerprint density at radius 2 is 1.83 bits per heavy atom. The van der Waals surface area contributed by atoms with Gasteiger partial charge >= 0.3 is 5.97 Å². The molecular weight excluding hydrogens is 166 g/mol. The van der Waals surface area contributed by atoms with E-state index in [1.807, 2.05) is 0 Å². The normalized spacial score (nSPS) is 42.6. The van der Waals surface area contributed by atoms with E-state index in [0.717, 1.165) is 0 Å². The van der Waals surface area contributed by atoms with Gasteiger partial charge in [-0.1, -0.05) is 0 Å². The van der Waals surface area contributed by atoms with Crippen molar-refractivity contribution in [3.05, 3.63) is 0 Å². The molecule has 6 nitrogen and oxygen atoms in total. The van der Waals surface area contributed by atoms with Crippen molar-refractivity contribution in [3.8, 4) is 0 Å². The van der Waals surface area contributed by atoms with E-state index >= 15 is 0 Å². The minimum atomic E-state index is -1.47. The number of carboxylic acids is 1. The zero-order valence-corrected chi connectivity index (χ0v) is 6.21. The Morgan fingerprint density at radius 1 is 1.25 bits per heavy atom. The second kappa shape index (κ2) is 3.36. The largest absolute Gasteiger partial charge is 0.480 e. The van der Waals surface area contributed by atoms with Crippen molar-refractivity contribution in [3.63, 3.8) is 0 Å². The van der Waals surface area contributed by atoms with E-state index in [2.05, 4.69) is 5.32 Å². The smallest absolute Gasteiger partial charge is 0.323 e. The minimum Gasteiger partial charge on any atom is -0.480 e. The van der Waals surface area contributed by atoms with Gasteiger partial charge in [0.2, 0.25) is 0 Å². The van der Waals surface area contributed by atoms with E-state index in [0.29, 0.717) is 0 Å². The summed E-state index contributed by atoms with van der Waals surface area (Å²) in [6.45, 7) is -0.0325. The number of hydrogen-bond acceptors (Lipinski definition) is 5. The molecule has 6 heteroatoms. The van der Waals surface area contributed by atoms with Crippen LogP contribution >= 0.6 is 0 Å². The Labute approximate surface area is 68.4 Å². The lowest BCUT2D eigenvalue weighted by Crippen LogP contribution is -2.62. The molecule has 0 aliphatic carbocycles. The zero-order valence-electron chi connectivity index (χ0n) is 6.21. The molecule has 0 saturated carbocycles. The number of aliphatic hydroxyl groups is 3. The molecule has 0 aromatic carbocycles. The average molecular weight is 177 g/mol. The predicted octanol–water partition coefficient (Wildman–Crippen LogP) is -2.87. The molecule has 1 aliphatic rings. The molecular formula is C6H11NO5. The number of aliphatic carboxylic acids is 1. The summed E-state index contributed by atoms with van der Waals surface area (Å²) in [7, 11) is 0. The van der Waals surface area contributed by atoms with Crippen molar-refractivity contribution in [2.75, 3.05) is 6.54 Å². The van der Waals surface area contributed by atoms with Gasteiger partial charge in [0, 0.05) is 6.54 Å². The number of piperidine rings is 1. The van der Waals surface area contributed by atoms with Gasteiger partial charge in [-0.3, -0.25) is 10.1 Å². The first kappa shape index (κ1) is 9.40. The Balaban J connectivity index is 2.65. The van der Waals surface area contributed by atoms with Crippen LogP contribution in [-0.2, 0) is 4.79 Å². The maximum absolute atomic E-state index is 10.4. The van der Waals surface area contributed by atoms with Crippen molar-refractivity contribution in [2.45, 2.75) is 24.4 Å². The second-order valence-electron chi connectivity index (χ2n) is 2.77. The first-order valence-electron chi connectivity index (χ1n) is 3.54. The fourth-order valence-corrected chi connectivity index (χ4v) is 1.15. The Morgan fingerprint density at radius 3 is 2.33 bits per heavy atom. The van der Waals surface area contributed by atoms with Gasteiger partial charge in [-0.2, -0.15) is 0 Å². The first-order chi connectivity index (χ1) is 5.54. The van der Waals surface area contributed by atoms with E-state index < -0.39 is 30.3 Å². The molecule has 12 heavy (non-hydrogen) atoms. The molecule has 1 heterocycles. The second-order valence-corrected chi connectivity index (χ2v) is 2.77. The lowest BCUT2D eigenvalue weighted by atomic mass is 9.96. The van der Waals surface area contributed by atoms with Gasteiger partial charge < -0.3 is 20.4 Å². The van der Waals surface area contributed by atoms with Crippen LogP contribution in [0.25, 0.3) is 0 Å². The summed E-state index contributed by atoms with van der Waals surface area (Å²) in [5, 5.41) is 38.1. The minimum absolute atomic E-state index is 0.0325. The number of β-amino-alcohol motifs (C(OH)–C–C–N with tert-alkyl or cyclic N) is 1. The van der Waals surface area contributed by atoms with Crippen molar-refractivity contribution < 1.29 is 25.2 Å².